The second-order valence-electron chi connectivity index (χ2n) is 3.90. The van der Waals surface area contributed by atoms with Crippen LogP contribution in [-0.4, -0.2) is 10.5 Å². The molecule has 2 aromatic rings. The van der Waals surface area contributed by atoms with E-state index in [0.29, 0.717) is 11.3 Å². The third kappa shape index (κ3) is 3.30. The van der Waals surface area contributed by atoms with Gasteiger partial charge in [0.25, 0.3) is 5.56 Å². The minimum atomic E-state index is -0.294. The van der Waals surface area contributed by atoms with E-state index in [1.807, 2.05) is 6.07 Å². The van der Waals surface area contributed by atoms with E-state index in [1.54, 1.807) is 42.6 Å². The van der Waals surface area contributed by atoms with Gasteiger partial charge in [-0.15, -0.1) is 0 Å². The number of nitrogens with one attached hydrogen (secondary N) is 1. The highest BCUT2D eigenvalue weighted by molar-refractivity contribution is 5.90. The number of benzene rings is 1. The van der Waals surface area contributed by atoms with Crippen molar-refractivity contribution in [2.45, 2.75) is 6.54 Å². The fraction of sp³-hybridized carbons (Fsp3) is 0.0714. The van der Waals surface area contributed by atoms with Crippen LogP contribution in [0.2, 0.25) is 0 Å². The second kappa shape index (κ2) is 5.65. The highest BCUT2D eigenvalue weighted by Gasteiger charge is 2.04. The van der Waals surface area contributed by atoms with Crippen LogP contribution in [0.5, 0.6) is 0 Å². The smallest absolute Gasteiger partial charge is 0.250 e. The Morgan fingerprint density at radius 3 is 2.58 bits per heavy atom. The molecule has 0 unspecified atom stereocenters. The van der Waals surface area contributed by atoms with E-state index in [9.17, 15) is 9.59 Å². The first-order valence-electron chi connectivity index (χ1n) is 5.64. The number of carbonyl (C=O) groups excluding carboxylic acids is 1. The molecule has 0 bridgehead atoms. The normalized spacial score (nSPS) is 9.63. The summed E-state index contributed by atoms with van der Waals surface area (Å²) in [5.41, 5.74) is 0.891. The van der Waals surface area contributed by atoms with Crippen molar-refractivity contribution in [2.75, 3.05) is 5.32 Å². The minimum Gasteiger partial charge on any atom is -0.325 e. The predicted molar refractivity (Wildman–Crippen MR) is 70.5 cm³/mol. The standard InChI is InChI=1S/C14H11N3O2/c15-9-11-4-6-12(7-5-11)16-13(18)10-17-8-2-1-3-14(17)19/h1-8H,10H2,(H,16,18). The van der Waals surface area contributed by atoms with Gasteiger partial charge in [0.15, 0.2) is 0 Å². The summed E-state index contributed by atoms with van der Waals surface area (Å²) in [5, 5.41) is 11.3. The first-order valence-corrected chi connectivity index (χ1v) is 5.64. The lowest BCUT2D eigenvalue weighted by atomic mass is 10.2. The van der Waals surface area contributed by atoms with Crippen LogP contribution in [0.25, 0.3) is 0 Å². The predicted octanol–water partition coefficient (Wildman–Crippen LogP) is 1.36. The lowest BCUT2D eigenvalue weighted by Crippen LogP contribution is -2.26. The van der Waals surface area contributed by atoms with E-state index >= 15 is 0 Å². The number of rotatable bonds is 3. The third-order valence-electron chi connectivity index (χ3n) is 2.51. The average molecular weight is 253 g/mol. The summed E-state index contributed by atoms with van der Waals surface area (Å²) in [7, 11) is 0. The van der Waals surface area contributed by atoms with Gasteiger partial charge in [-0.05, 0) is 30.3 Å². The number of nitriles is 1. The van der Waals surface area contributed by atoms with Crippen LogP contribution in [0, 0.1) is 11.3 Å². The van der Waals surface area contributed by atoms with Crippen LogP contribution in [0.1, 0.15) is 5.56 Å². The van der Waals surface area contributed by atoms with Gasteiger partial charge in [-0.2, -0.15) is 5.26 Å². The van der Waals surface area contributed by atoms with E-state index in [0.717, 1.165) is 0 Å². The first-order chi connectivity index (χ1) is 9.19. The maximum absolute atomic E-state index is 11.8. The molecule has 1 amide bonds. The van der Waals surface area contributed by atoms with Crippen molar-refractivity contribution < 1.29 is 4.79 Å². The van der Waals surface area contributed by atoms with E-state index in [4.69, 9.17) is 5.26 Å². The molecule has 0 aliphatic rings. The van der Waals surface area contributed by atoms with Gasteiger partial charge in [0, 0.05) is 18.0 Å². The van der Waals surface area contributed by atoms with Crippen LogP contribution >= 0.6 is 0 Å². The number of hydrogen-bond acceptors (Lipinski definition) is 3. The topological polar surface area (TPSA) is 74.9 Å². The summed E-state index contributed by atoms with van der Waals surface area (Å²) in [6, 6.07) is 13.2. The van der Waals surface area contributed by atoms with Crippen molar-refractivity contribution in [3.05, 3.63) is 64.6 Å². The van der Waals surface area contributed by atoms with Gasteiger partial charge < -0.3 is 9.88 Å². The lowest BCUT2D eigenvalue weighted by Gasteiger charge is -2.06. The highest BCUT2D eigenvalue weighted by atomic mass is 16.2. The molecule has 0 aliphatic heterocycles. The summed E-state index contributed by atoms with van der Waals surface area (Å²) in [4.78, 5) is 23.2. The molecule has 1 N–H and O–H groups in total. The molecule has 0 fully saturated rings. The Bertz CT molecular complexity index is 681. The second-order valence-corrected chi connectivity index (χ2v) is 3.90. The van der Waals surface area contributed by atoms with Crippen molar-refractivity contribution in [3.63, 3.8) is 0 Å². The highest BCUT2D eigenvalue weighted by Crippen LogP contribution is 2.08. The van der Waals surface area contributed by atoms with Gasteiger partial charge in [-0.3, -0.25) is 9.59 Å². The Kier molecular flexibility index (Phi) is 3.74. The largest absolute Gasteiger partial charge is 0.325 e. The number of anilines is 1. The van der Waals surface area contributed by atoms with Crippen molar-refractivity contribution in [1.29, 1.82) is 5.26 Å². The lowest BCUT2D eigenvalue weighted by molar-refractivity contribution is -0.116. The molecule has 19 heavy (non-hydrogen) atoms. The zero-order valence-electron chi connectivity index (χ0n) is 10.0. The van der Waals surface area contributed by atoms with Gasteiger partial charge in [-0.25, -0.2) is 0 Å². The molecule has 0 atom stereocenters. The monoisotopic (exact) mass is 253 g/mol. The summed E-state index contributed by atoms with van der Waals surface area (Å²) in [6.07, 6.45) is 1.56. The molecular formula is C14H11N3O2. The third-order valence-corrected chi connectivity index (χ3v) is 2.51. The molecule has 1 aromatic carbocycles. The number of hydrogen-bond donors (Lipinski definition) is 1. The van der Waals surface area contributed by atoms with Crippen LogP contribution in [0.4, 0.5) is 5.69 Å². The Morgan fingerprint density at radius 2 is 1.95 bits per heavy atom. The summed E-state index contributed by atoms with van der Waals surface area (Å²) in [5.74, 6) is -0.294. The fourth-order valence-electron chi connectivity index (χ4n) is 1.57. The van der Waals surface area contributed by atoms with Crippen LogP contribution in [-0.2, 0) is 11.3 Å². The number of nitrogens with zero attached hydrogens (tertiary/aromatic N) is 2. The minimum absolute atomic E-state index is 0.0420. The number of carbonyl (C=O) groups is 1. The maximum atomic E-state index is 11.8. The van der Waals surface area contributed by atoms with Gasteiger partial charge in [0.1, 0.15) is 6.54 Å². The first kappa shape index (κ1) is 12.6. The van der Waals surface area contributed by atoms with Crippen molar-refractivity contribution >= 4 is 11.6 Å². The average Bonchev–Trinajstić information content (AvgIpc) is 2.42. The molecule has 0 radical (unpaired) electrons. The molecule has 2 rings (SSSR count). The van der Waals surface area contributed by atoms with Gasteiger partial charge in [-0.1, -0.05) is 6.07 Å². The molecular weight excluding hydrogens is 242 g/mol. The molecule has 1 heterocycles. The Morgan fingerprint density at radius 1 is 1.21 bits per heavy atom. The molecule has 5 heteroatoms. The molecule has 0 spiro atoms. The molecule has 5 nitrogen and oxygen atoms in total. The van der Waals surface area contributed by atoms with E-state index in [1.165, 1.54) is 10.6 Å². The Labute approximate surface area is 109 Å². The van der Waals surface area contributed by atoms with Crippen LogP contribution in [0.3, 0.4) is 0 Å². The van der Waals surface area contributed by atoms with Crippen LogP contribution < -0.4 is 10.9 Å². The van der Waals surface area contributed by atoms with E-state index in [2.05, 4.69) is 5.32 Å². The number of amides is 1. The molecule has 1 aromatic heterocycles. The van der Waals surface area contributed by atoms with Crippen molar-refractivity contribution in [1.82, 2.24) is 4.57 Å². The SMILES string of the molecule is N#Cc1ccc(NC(=O)Cn2ccccc2=O)cc1. The Balaban J connectivity index is 2.04. The summed E-state index contributed by atoms with van der Waals surface area (Å²) < 4.78 is 1.32. The van der Waals surface area contributed by atoms with Gasteiger partial charge in [0.05, 0.1) is 11.6 Å². The molecule has 94 valence electrons. The number of aromatic nitrogens is 1. The number of pyridine rings is 1. The molecule has 0 saturated heterocycles. The Hall–Kier alpha value is -2.87. The van der Waals surface area contributed by atoms with Crippen molar-refractivity contribution in [2.24, 2.45) is 0 Å². The summed E-state index contributed by atoms with van der Waals surface area (Å²) >= 11 is 0. The van der Waals surface area contributed by atoms with Crippen molar-refractivity contribution in [3.8, 4) is 6.07 Å². The van der Waals surface area contributed by atoms with Crippen LogP contribution in [0.15, 0.2) is 53.5 Å². The van der Waals surface area contributed by atoms with Gasteiger partial charge >= 0.3 is 0 Å². The molecule has 0 aliphatic carbocycles. The zero-order chi connectivity index (χ0) is 13.7. The van der Waals surface area contributed by atoms with Gasteiger partial charge in [0.2, 0.25) is 5.91 Å². The van der Waals surface area contributed by atoms with E-state index in [-0.39, 0.29) is 18.0 Å². The fourth-order valence-corrected chi connectivity index (χ4v) is 1.57. The van der Waals surface area contributed by atoms with E-state index < -0.39 is 0 Å². The summed E-state index contributed by atoms with van der Waals surface area (Å²) in [6.45, 7) is -0.0420. The quantitative estimate of drug-likeness (QED) is 0.897. The maximum Gasteiger partial charge on any atom is 0.250 e. The zero-order valence-corrected chi connectivity index (χ0v) is 10.0. The molecule has 0 saturated carbocycles.